The van der Waals surface area contributed by atoms with Gasteiger partial charge in [0, 0.05) is 41.3 Å². The zero-order valence-electron chi connectivity index (χ0n) is 17.7. The molecule has 9 heteroatoms. The van der Waals surface area contributed by atoms with Gasteiger partial charge in [0.05, 0.1) is 18.1 Å². The fourth-order valence-corrected chi connectivity index (χ4v) is 6.41. The van der Waals surface area contributed by atoms with Gasteiger partial charge >= 0.3 is 0 Å². The zero-order valence-corrected chi connectivity index (χ0v) is 20.0. The number of amides is 1. The van der Waals surface area contributed by atoms with E-state index in [9.17, 15) is 13.2 Å². The van der Waals surface area contributed by atoms with Crippen LogP contribution in [0.5, 0.6) is 0 Å². The number of carbonyl (C=O) groups excluding carboxylic acids is 1. The summed E-state index contributed by atoms with van der Waals surface area (Å²) in [6.45, 7) is 2.13. The van der Waals surface area contributed by atoms with Crippen molar-refractivity contribution in [3.05, 3.63) is 57.8 Å². The Morgan fingerprint density at radius 3 is 2.62 bits per heavy atom. The van der Waals surface area contributed by atoms with Gasteiger partial charge in [-0.1, -0.05) is 29.3 Å². The van der Waals surface area contributed by atoms with Crippen LogP contribution in [0.15, 0.2) is 40.8 Å². The molecule has 32 heavy (non-hydrogen) atoms. The van der Waals surface area contributed by atoms with Gasteiger partial charge in [0.15, 0.2) is 15.7 Å². The second kappa shape index (κ2) is 9.89. The second-order valence-corrected chi connectivity index (χ2v) is 11.4. The molecule has 6 nitrogen and oxygen atoms in total. The smallest absolute Gasteiger partial charge is 0.247 e. The Balaban J connectivity index is 1.53. The first-order valence-corrected chi connectivity index (χ1v) is 13.4. The highest BCUT2D eigenvalue weighted by molar-refractivity contribution is 7.91. The largest absolute Gasteiger partial charge is 0.444 e. The van der Waals surface area contributed by atoms with Crippen molar-refractivity contribution in [2.24, 2.45) is 0 Å². The molecule has 2 saturated heterocycles. The molecule has 1 aromatic heterocycles. The van der Waals surface area contributed by atoms with Crippen LogP contribution in [-0.4, -0.2) is 49.9 Å². The van der Waals surface area contributed by atoms with Crippen LogP contribution in [0.2, 0.25) is 10.0 Å². The third-order valence-corrected chi connectivity index (χ3v) is 8.25. The van der Waals surface area contributed by atoms with Gasteiger partial charge in [0.25, 0.3) is 0 Å². The van der Waals surface area contributed by atoms with Gasteiger partial charge in [-0.25, -0.2) is 8.42 Å². The number of rotatable bonds is 6. The van der Waals surface area contributed by atoms with Crippen LogP contribution in [0.4, 0.5) is 5.88 Å². The molecule has 172 valence electrons. The van der Waals surface area contributed by atoms with E-state index >= 15 is 0 Å². The molecule has 1 aromatic carbocycles. The molecular formula is C23H26Cl2N2O4S. The Morgan fingerprint density at radius 2 is 1.94 bits per heavy atom. The molecule has 0 radical (unpaired) electrons. The highest BCUT2D eigenvalue weighted by Crippen LogP contribution is 2.27. The zero-order chi connectivity index (χ0) is 22.7. The fraction of sp³-hybridized carbons (Fsp3) is 0.435. The minimum atomic E-state index is -3.15. The summed E-state index contributed by atoms with van der Waals surface area (Å²) in [7, 11) is -3.15. The van der Waals surface area contributed by atoms with Crippen LogP contribution in [0.1, 0.15) is 37.0 Å². The van der Waals surface area contributed by atoms with Gasteiger partial charge < -0.3 is 14.2 Å². The number of halogens is 2. The molecule has 1 unspecified atom stereocenters. The van der Waals surface area contributed by atoms with Crippen LogP contribution >= 0.6 is 23.2 Å². The van der Waals surface area contributed by atoms with Crippen molar-refractivity contribution in [3.63, 3.8) is 0 Å². The van der Waals surface area contributed by atoms with E-state index in [1.807, 2.05) is 12.1 Å². The monoisotopic (exact) mass is 496 g/mol. The number of nitrogens with zero attached hydrogens (tertiary/aromatic N) is 2. The first-order valence-electron chi connectivity index (χ1n) is 10.8. The lowest BCUT2D eigenvalue weighted by atomic mass is 10.1. The molecule has 0 saturated carbocycles. The summed E-state index contributed by atoms with van der Waals surface area (Å²) in [6.07, 6.45) is 6.97. The maximum absolute atomic E-state index is 13.1. The number of carbonyl (C=O) groups is 1. The van der Waals surface area contributed by atoms with E-state index in [1.54, 1.807) is 29.2 Å². The highest BCUT2D eigenvalue weighted by Gasteiger charge is 2.34. The van der Waals surface area contributed by atoms with E-state index < -0.39 is 9.84 Å². The van der Waals surface area contributed by atoms with Crippen molar-refractivity contribution >= 4 is 50.9 Å². The normalized spacial score (nSPS) is 20.7. The van der Waals surface area contributed by atoms with E-state index in [4.69, 9.17) is 27.6 Å². The number of furan rings is 1. The van der Waals surface area contributed by atoms with Crippen molar-refractivity contribution in [1.29, 1.82) is 0 Å². The maximum Gasteiger partial charge on any atom is 0.247 e. The second-order valence-electron chi connectivity index (χ2n) is 8.31. The lowest BCUT2D eigenvalue weighted by Crippen LogP contribution is -2.39. The van der Waals surface area contributed by atoms with Crippen molar-refractivity contribution in [3.8, 4) is 0 Å². The third kappa shape index (κ3) is 5.69. The molecule has 2 aliphatic rings. The minimum Gasteiger partial charge on any atom is -0.444 e. The molecule has 3 heterocycles. The quantitative estimate of drug-likeness (QED) is 0.536. The molecule has 1 amide bonds. The Hall–Kier alpha value is -1.96. The predicted molar refractivity (Wildman–Crippen MR) is 128 cm³/mol. The minimum absolute atomic E-state index is 0.0338. The predicted octanol–water partition coefficient (Wildman–Crippen LogP) is 4.81. The van der Waals surface area contributed by atoms with Crippen molar-refractivity contribution in [1.82, 2.24) is 4.90 Å². The highest BCUT2D eigenvalue weighted by atomic mass is 35.5. The number of hydrogen-bond acceptors (Lipinski definition) is 5. The number of hydrogen-bond donors (Lipinski definition) is 0. The lowest BCUT2D eigenvalue weighted by molar-refractivity contribution is -0.128. The summed E-state index contributed by atoms with van der Waals surface area (Å²) in [5.41, 5.74) is 0.661. The van der Waals surface area contributed by atoms with Gasteiger partial charge in [-0.2, -0.15) is 0 Å². The molecule has 2 aliphatic heterocycles. The van der Waals surface area contributed by atoms with E-state index in [1.165, 1.54) is 12.5 Å². The molecule has 2 fully saturated rings. The Morgan fingerprint density at radius 1 is 1.16 bits per heavy atom. The standard InChI is InChI=1S/C23H26Cl2N2O4S/c24-18-6-4-17(21(25)14-18)5-8-22(28)27(19-10-13-32(29,30)16-19)15-20-7-9-23(31-20)26-11-2-1-3-12-26/h4-9,14,19H,1-3,10-13,15-16H2/b8-5+. The van der Waals surface area contributed by atoms with Crippen LogP contribution in [0, 0.1) is 0 Å². The Labute approximate surface area is 198 Å². The summed E-state index contributed by atoms with van der Waals surface area (Å²) < 4.78 is 30.2. The van der Waals surface area contributed by atoms with Gasteiger partial charge in [-0.15, -0.1) is 0 Å². The summed E-state index contributed by atoms with van der Waals surface area (Å²) >= 11 is 12.1. The first-order chi connectivity index (χ1) is 15.3. The average molecular weight is 497 g/mol. The SMILES string of the molecule is O=C(/C=C/c1ccc(Cl)cc1Cl)N(Cc1ccc(N2CCCCC2)o1)C1CCS(=O)(=O)C1. The molecule has 1 atom stereocenters. The van der Waals surface area contributed by atoms with Crippen molar-refractivity contribution < 1.29 is 17.6 Å². The van der Waals surface area contributed by atoms with E-state index in [0.29, 0.717) is 27.8 Å². The average Bonchev–Trinajstić information content (AvgIpc) is 3.38. The Bertz CT molecular complexity index is 1110. The molecule has 0 spiro atoms. The number of sulfone groups is 1. The molecule has 0 N–H and O–H groups in total. The fourth-order valence-electron chi connectivity index (χ4n) is 4.21. The van der Waals surface area contributed by atoms with Crippen molar-refractivity contribution in [2.75, 3.05) is 29.5 Å². The van der Waals surface area contributed by atoms with Crippen LogP contribution in [0.3, 0.4) is 0 Å². The summed E-state index contributed by atoms with van der Waals surface area (Å²) in [6, 6.07) is 8.45. The van der Waals surface area contributed by atoms with Crippen LogP contribution in [-0.2, 0) is 21.2 Å². The summed E-state index contributed by atoms with van der Waals surface area (Å²) in [5, 5.41) is 0.951. The van der Waals surface area contributed by atoms with E-state index in [-0.39, 0.29) is 30.0 Å². The number of benzene rings is 1. The van der Waals surface area contributed by atoms with Crippen LogP contribution < -0.4 is 4.90 Å². The van der Waals surface area contributed by atoms with Gasteiger partial charge in [-0.3, -0.25) is 4.79 Å². The van der Waals surface area contributed by atoms with E-state index in [0.717, 1.165) is 31.8 Å². The lowest BCUT2D eigenvalue weighted by Gasteiger charge is -2.27. The third-order valence-electron chi connectivity index (χ3n) is 5.94. The molecule has 2 aromatic rings. The summed E-state index contributed by atoms with van der Waals surface area (Å²) in [4.78, 5) is 16.9. The molecular weight excluding hydrogens is 471 g/mol. The number of anilines is 1. The molecule has 4 rings (SSSR count). The molecule has 0 aliphatic carbocycles. The topological polar surface area (TPSA) is 70.8 Å². The van der Waals surface area contributed by atoms with Crippen LogP contribution in [0.25, 0.3) is 6.08 Å². The van der Waals surface area contributed by atoms with Gasteiger partial charge in [-0.05, 0) is 55.5 Å². The van der Waals surface area contributed by atoms with Gasteiger partial charge in [0.2, 0.25) is 5.91 Å². The van der Waals surface area contributed by atoms with Gasteiger partial charge in [0.1, 0.15) is 5.76 Å². The maximum atomic E-state index is 13.1. The first kappa shape index (κ1) is 23.2. The number of piperidine rings is 1. The van der Waals surface area contributed by atoms with Crippen molar-refractivity contribution in [2.45, 2.75) is 38.3 Å². The Kier molecular flexibility index (Phi) is 7.17. The van der Waals surface area contributed by atoms with E-state index in [2.05, 4.69) is 4.90 Å². The molecule has 0 bridgehead atoms. The summed E-state index contributed by atoms with van der Waals surface area (Å²) in [5.74, 6) is 1.21.